The Morgan fingerprint density at radius 1 is 0.554 bits per heavy atom. The predicted octanol–water partition coefficient (Wildman–Crippen LogP) is 10.3. The molecule has 4 aromatic carbocycles. The van der Waals surface area contributed by atoms with Crippen molar-refractivity contribution in [1.82, 2.24) is 20.6 Å². The number of benzene rings is 4. The van der Waals surface area contributed by atoms with Gasteiger partial charge in [0.25, 0.3) is 0 Å². The molecule has 74 heavy (non-hydrogen) atoms. The Morgan fingerprint density at radius 2 is 0.919 bits per heavy atom. The number of aryl methyl sites for hydroxylation is 2. The van der Waals surface area contributed by atoms with Crippen molar-refractivity contribution in [3.8, 4) is 11.5 Å². The first-order valence-corrected chi connectivity index (χ1v) is 25.7. The number of nitrogens with zero attached hydrogens (tertiary/aromatic N) is 2. The van der Waals surface area contributed by atoms with Gasteiger partial charge in [0, 0.05) is 74.8 Å². The van der Waals surface area contributed by atoms with Gasteiger partial charge < -0.3 is 62.2 Å². The zero-order valence-electron chi connectivity index (χ0n) is 41.0. The van der Waals surface area contributed by atoms with Crippen LogP contribution in [-0.2, 0) is 31.9 Å². The maximum absolute atomic E-state index is 10.3. The van der Waals surface area contributed by atoms with Crippen molar-refractivity contribution in [2.75, 3.05) is 64.1 Å². The Hall–Kier alpha value is -5.50. The van der Waals surface area contributed by atoms with E-state index in [1.165, 1.54) is 11.1 Å². The normalized spacial score (nSPS) is 12.0. The summed E-state index contributed by atoms with van der Waals surface area (Å²) >= 11 is 24.1. The minimum Gasteiger partial charge on any atom is -0.506 e. The van der Waals surface area contributed by atoms with Crippen LogP contribution in [-0.4, -0.2) is 105 Å². The molecule has 6 rings (SSSR count). The number of nitrogens with one attached hydrogen (secondary N) is 2. The molecule has 0 aliphatic carbocycles. The van der Waals surface area contributed by atoms with Crippen molar-refractivity contribution in [2.45, 2.75) is 76.4 Å². The molecular formula is C54H66Cl4N6O10. The number of aliphatic carboxylic acids is 2. The molecule has 0 bridgehead atoms. The topological polar surface area (TPSA) is 276 Å². The first kappa shape index (κ1) is 61.1. The number of aromatic hydroxyl groups is 2. The molecule has 2 atom stereocenters. The Labute approximate surface area is 451 Å². The number of carbonyl (C=O) groups is 2. The number of hydrogen-bond donors (Lipinski definition) is 10. The van der Waals surface area contributed by atoms with Crippen molar-refractivity contribution in [3.63, 3.8) is 0 Å². The number of aromatic nitrogens is 2. The van der Waals surface area contributed by atoms with E-state index >= 15 is 0 Å². The molecule has 2 heterocycles. The summed E-state index contributed by atoms with van der Waals surface area (Å²) in [6.45, 7) is 5.37. The van der Waals surface area contributed by atoms with Gasteiger partial charge in [-0.2, -0.15) is 0 Å². The fourth-order valence-corrected chi connectivity index (χ4v) is 8.52. The Bertz CT molecular complexity index is 2510. The number of nitrogens with two attached hydrogens (primary N) is 2. The third-order valence-electron chi connectivity index (χ3n) is 11.4. The van der Waals surface area contributed by atoms with Crippen LogP contribution in [0.5, 0.6) is 11.5 Å². The van der Waals surface area contributed by atoms with Crippen molar-refractivity contribution < 1.29 is 49.7 Å². The van der Waals surface area contributed by atoms with E-state index in [9.17, 15) is 30.0 Å². The van der Waals surface area contributed by atoms with Gasteiger partial charge in [-0.3, -0.25) is 9.97 Å². The number of carboxylic acids is 2. The SMILES string of the molecule is Nc1c(Cl)cc(C(O)CNCCCCCOCCCc2ccc(O)c3ncccc23)cc1Cl.Nc1c(Cl)cc(C(O)CNCCCCCOCCCc2ccc(O)c3ncccc23)cc1Cl.O=C(O)/C=C/C(=O)O. The smallest absolute Gasteiger partial charge is 0.328 e. The minimum absolute atomic E-state index is 0.216. The van der Waals surface area contributed by atoms with Gasteiger partial charge in [-0.15, -0.1) is 0 Å². The fourth-order valence-electron chi connectivity index (χ4n) is 7.51. The first-order valence-electron chi connectivity index (χ1n) is 24.2. The number of aliphatic hydroxyl groups excluding tert-OH is 2. The molecule has 0 spiro atoms. The van der Waals surface area contributed by atoms with Gasteiger partial charge >= 0.3 is 11.9 Å². The van der Waals surface area contributed by atoms with Gasteiger partial charge in [0.05, 0.1) is 43.7 Å². The molecular weight excluding hydrogens is 1030 g/mol. The molecule has 20 heteroatoms. The highest BCUT2D eigenvalue weighted by Gasteiger charge is 2.14. The van der Waals surface area contributed by atoms with Gasteiger partial charge in [-0.25, -0.2) is 9.59 Å². The van der Waals surface area contributed by atoms with E-state index in [-0.39, 0.29) is 11.5 Å². The molecule has 12 N–H and O–H groups in total. The third-order valence-corrected chi connectivity index (χ3v) is 12.7. The van der Waals surface area contributed by atoms with E-state index < -0.39 is 24.1 Å². The van der Waals surface area contributed by atoms with Gasteiger partial charge in [-0.1, -0.05) is 70.7 Å². The maximum atomic E-state index is 10.3. The van der Waals surface area contributed by atoms with Crippen LogP contribution >= 0.6 is 46.4 Å². The lowest BCUT2D eigenvalue weighted by molar-refractivity contribution is -0.134. The number of rotatable bonds is 28. The molecule has 6 aromatic rings. The van der Waals surface area contributed by atoms with E-state index in [4.69, 9.17) is 77.6 Å². The summed E-state index contributed by atoms with van der Waals surface area (Å²) in [6.07, 6.45) is 12.9. The van der Waals surface area contributed by atoms with E-state index in [1.807, 2.05) is 36.4 Å². The van der Waals surface area contributed by atoms with Crippen molar-refractivity contribution in [2.24, 2.45) is 0 Å². The van der Waals surface area contributed by atoms with E-state index in [1.54, 1.807) is 48.8 Å². The maximum Gasteiger partial charge on any atom is 0.328 e. The second kappa shape index (κ2) is 33.4. The number of ether oxygens (including phenoxy) is 2. The van der Waals surface area contributed by atoms with Crippen LogP contribution < -0.4 is 22.1 Å². The van der Waals surface area contributed by atoms with E-state index in [0.717, 1.165) is 101 Å². The molecule has 0 aliphatic heterocycles. The summed E-state index contributed by atoms with van der Waals surface area (Å²) in [7, 11) is 0. The van der Waals surface area contributed by atoms with Crippen LogP contribution in [0.1, 0.15) is 85.8 Å². The number of aliphatic hydroxyl groups is 2. The van der Waals surface area contributed by atoms with Gasteiger partial charge in [0.2, 0.25) is 0 Å². The van der Waals surface area contributed by atoms with Gasteiger partial charge in [0.1, 0.15) is 22.5 Å². The first-order chi connectivity index (χ1) is 35.6. The number of fused-ring (bicyclic) bond motifs is 2. The number of pyridine rings is 2. The Kier molecular flexibility index (Phi) is 27.6. The number of hydrogen-bond acceptors (Lipinski definition) is 14. The molecule has 0 fully saturated rings. The lowest BCUT2D eigenvalue weighted by Crippen LogP contribution is -2.22. The van der Waals surface area contributed by atoms with Gasteiger partial charge in [-0.05, 0) is 148 Å². The second-order valence-corrected chi connectivity index (χ2v) is 18.7. The average molecular weight is 1100 g/mol. The van der Waals surface area contributed by atoms with Crippen molar-refractivity contribution in [3.05, 3.63) is 140 Å². The predicted molar refractivity (Wildman–Crippen MR) is 295 cm³/mol. The van der Waals surface area contributed by atoms with Crippen LogP contribution in [0.4, 0.5) is 11.4 Å². The summed E-state index contributed by atoms with van der Waals surface area (Å²) < 4.78 is 11.5. The molecule has 2 unspecified atom stereocenters. The highest BCUT2D eigenvalue weighted by molar-refractivity contribution is 6.39. The van der Waals surface area contributed by atoms with Crippen molar-refractivity contribution in [1.29, 1.82) is 0 Å². The lowest BCUT2D eigenvalue weighted by atomic mass is 10.0. The number of halogens is 4. The molecule has 0 aliphatic rings. The number of anilines is 2. The number of nitrogen functional groups attached to an aromatic ring is 2. The molecule has 400 valence electrons. The molecule has 2 aromatic heterocycles. The largest absolute Gasteiger partial charge is 0.506 e. The third kappa shape index (κ3) is 21.4. The minimum atomic E-state index is -1.26. The number of phenols is 2. The van der Waals surface area contributed by atoms with Crippen molar-refractivity contribution >= 4 is 91.5 Å². The standard InChI is InChI=1S/2C25H31Cl2N3O3.C4H4O4/c2*26-20-14-18(15-21(27)24(20)28)23(32)16-29-10-2-1-3-12-33-13-5-6-17-8-9-22(31)25-19(17)7-4-11-30-25;5-3(6)1-2-4(7)8/h2*4,7-9,11,14-15,23,29,31-32H,1-3,5-6,10,12-13,16,28H2;1-2H,(H,5,6)(H,7,8)/b;;2-1+. The molecule has 16 nitrogen and oxygen atoms in total. The zero-order valence-corrected chi connectivity index (χ0v) is 44.0. The summed E-state index contributed by atoms with van der Waals surface area (Å²) in [5.74, 6) is -2.08. The van der Waals surface area contributed by atoms with E-state index in [2.05, 4.69) is 20.6 Å². The molecule has 0 saturated carbocycles. The van der Waals surface area contributed by atoms with E-state index in [0.29, 0.717) is 92.1 Å². The molecule has 0 saturated heterocycles. The van der Waals surface area contributed by atoms with Crippen LogP contribution in [0.3, 0.4) is 0 Å². The quantitative estimate of drug-likeness (QED) is 0.0124. The van der Waals surface area contributed by atoms with Crippen LogP contribution in [0.15, 0.2) is 97.3 Å². The average Bonchev–Trinajstić information content (AvgIpc) is 3.38. The highest BCUT2D eigenvalue weighted by atomic mass is 35.5. The fraction of sp³-hybridized carbons (Fsp3) is 0.370. The molecule has 0 amide bonds. The van der Waals surface area contributed by atoms with Gasteiger partial charge in [0.15, 0.2) is 0 Å². The van der Waals surface area contributed by atoms with Crippen LogP contribution in [0.2, 0.25) is 20.1 Å². The Balaban J connectivity index is 0.000000279. The summed E-state index contributed by atoms with van der Waals surface area (Å²) in [5.41, 5.74) is 17.1. The second-order valence-electron chi connectivity index (χ2n) is 17.1. The van der Waals surface area contributed by atoms with Crippen LogP contribution in [0, 0.1) is 0 Å². The summed E-state index contributed by atoms with van der Waals surface area (Å²) in [5, 5.41) is 66.0. The monoisotopic (exact) mass is 1100 g/mol. The number of carboxylic acid groups (broad SMARTS) is 2. The Morgan fingerprint density at radius 3 is 1.28 bits per heavy atom. The van der Waals surface area contributed by atoms with Crippen LogP contribution in [0.25, 0.3) is 21.8 Å². The summed E-state index contributed by atoms with van der Waals surface area (Å²) in [4.78, 5) is 27.6. The summed E-state index contributed by atoms with van der Waals surface area (Å²) in [6, 6.07) is 21.7. The lowest BCUT2D eigenvalue weighted by Gasteiger charge is -2.14. The molecule has 0 radical (unpaired) electrons. The number of unbranched alkanes of at least 4 members (excludes halogenated alkanes) is 4. The number of phenolic OH excluding ortho intramolecular Hbond substituents is 2. The highest BCUT2D eigenvalue weighted by Crippen LogP contribution is 2.33. The zero-order chi connectivity index (χ0) is 53.8.